The molecule has 0 unspecified atom stereocenters. The van der Waals surface area contributed by atoms with Gasteiger partial charge in [0, 0.05) is 17.3 Å². The molecule has 0 amide bonds. The zero-order valence-corrected chi connectivity index (χ0v) is 12.1. The molecule has 4 heteroatoms. The summed E-state index contributed by atoms with van der Waals surface area (Å²) < 4.78 is 13.5. The Labute approximate surface area is 126 Å². The van der Waals surface area contributed by atoms with E-state index in [1.54, 1.807) is 18.2 Å². The fraction of sp³-hybridized carbons (Fsp3) is 0.118. The maximum atomic E-state index is 13.5. The summed E-state index contributed by atoms with van der Waals surface area (Å²) in [4.78, 5) is 15.2. The standard InChI is InChI=1S/C17H14FNOS/c18-15-7-3-1-5-12(15)9-14(20)11-21-17-10-13-6-2-4-8-16(13)19-17/h1-8,10,19H,9,11H2. The van der Waals surface area contributed by atoms with E-state index >= 15 is 0 Å². The topological polar surface area (TPSA) is 32.9 Å². The molecule has 2 nitrogen and oxygen atoms in total. The Morgan fingerprint density at radius 3 is 2.67 bits per heavy atom. The van der Waals surface area contributed by atoms with Crippen LogP contribution in [-0.2, 0) is 11.2 Å². The number of carbonyl (C=O) groups is 1. The van der Waals surface area contributed by atoms with E-state index in [1.165, 1.54) is 17.8 Å². The number of Topliss-reactive ketones (excluding diaryl/α,β-unsaturated/α-hetero) is 1. The second kappa shape index (κ2) is 6.14. The Bertz CT molecular complexity index is 748. The Morgan fingerprint density at radius 2 is 1.86 bits per heavy atom. The first kappa shape index (κ1) is 13.9. The number of aromatic amines is 1. The second-order valence-electron chi connectivity index (χ2n) is 4.82. The number of carbonyl (C=O) groups excluding carboxylic acids is 1. The summed E-state index contributed by atoms with van der Waals surface area (Å²) in [6.07, 6.45) is 0.139. The molecule has 0 saturated heterocycles. The maximum absolute atomic E-state index is 13.5. The number of hydrogen-bond donors (Lipinski definition) is 1. The van der Waals surface area contributed by atoms with Crippen LogP contribution in [0.2, 0.25) is 0 Å². The molecule has 0 aliphatic carbocycles. The van der Waals surface area contributed by atoms with Gasteiger partial charge in [-0.05, 0) is 23.8 Å². The van der Waals surface area contributed by atoms with Crippen molar-refractivity contribution in [1.29, 1.82) is 0 Å². The van der Waals surface area contributed by atoms with Crippen LogP contribution in [-0.4, -0.2) is 16.5 Å². The van der Waals surface area contributed by atoms with Gasteiger partial charge in [-0.3, -0.25) is 4.79 Å². The zero-order chi connectivity index (χ0) is 14.7. The van der Waals surface area contributed by atoms with Gasteiger partial charge < -0.3 is 4.98 Å². The number of thioether (sulfide) groups is 1. The number of fused-ring (bicyclic) bond motifs is 1. The van der Waals surface area contributed by atoms with E-state index in [9.17, 15) is 9.18 Å². The lowest BCUT2D eigenvalue weighted by Crippen LogP contribution is -2.07. The highest BCUT2D eigenvalue weighted by Crippen LogP contribution is 2.23. The van der Waals surface area contributed by atoms with Gasteiger partial charge in [-0.1, -0.05) is 36.4 Å². The first-order chi connectivity index (χ1) is 10.2. The molecule has 1 heterocycles. The average molecular weight is 299 g/mol. The van der Waals surface area contributed by atoms with Crippen molar-refractivity contribution in [3.63, 3.8) is 0 Å². The molecular weight excluding hydrogens is 285 g/mol. The lowest BCUT2D eigenvalue weighted by atomic mass is 10.1. The van der Waals surface area contributed by atoms with Crippen molar-refractivity contribution in [3.8, 4) is 0 Å². The van der Waals surface area contributed by atoms with Crippen LogP contribution in [0.1, 0.15) is 5.56 Å². The summed E-state index contributed by atoms with van der Waals surface area (Å²) in [5, 5.41) is 2.08. The average Bonchev–Trinajstić information content (AvgIpc) is 2.90. The number of ketones is 1. The molecular formula is C17H14FNOS. The first-order valence-corrected chi connectivity index (χ1v) is 7.66. The molecule has 0 saturated carbocycles. The number of rotatable bonds is 5. The molecule has 0 radical (unpaired) electrons. The predicted molar refractivity (Wildman–Crippen MR) is 84.1 cm³/mol. The van der Waals surface area contributed by atoms with Gasteiger partial charge in [0.1, 0.15) is 11.6 Å². The van der Waals surface area contributed by atoms with Crippen molar-refractivity contribution in [2.45, 2.75) is 11.4 Å². The molecule has 3 rings (SSSR count). The number of benzene rings is 2. The maximum Gasteiger partial charge on any atom is 0.147 e. The third-order valence-corrected chi connectivity index (χ3v) is 4.24. The van der Waals surface area contributed by atoms with Gasteiger partial charge in [0.05, 0.1) is 10.8 Å². The van der Waals surface area contributed by atoms with Crippen molar-refractivity contribution >= 4 is 28.4 Å². The summed E-state index contributed by atoms with van der Waals surface area (Å²) >= 11 is 1.45. The molecule has 0 spiro atoms. The van der Waals surface area contributed by atoms with E-state index in [-0.39, 0.29) is 18.0 Å². The molecule has 0 aliphatic heterocycles. The van der Waals surface area contributed by atoms with Crippen LogP contribution < -0.4 is 0 Å². The van der Waals surface area contributed by atoms with E-state index in [4.69, 9.17) is 0 Å². The van der Waals surface area contributed by atoms with Crippen molar-refractivity contribution in [2.24, 2.45) is 0 Å². The van der Waals surface area contributed by atoms with Crippen LogP contribution >= 0.6 is 11.8 Å². The summed E-state index contributed by atoms with van der Waals surface area (Å²) in [7, 11) is 0. The van der Waals surface area contributed by atoms with Gasteiger partial charge in [-0.2, -0.15) is 0 Å². The molecule has 0 fully saturated rings. The Balaban J connectivity index is 1.62. The SMILES string of the molecule is O=C(CSc1cc2ccccc2[nH]1)Cc1ccccc1F. The van der Waals surface area contributed by atoms with E-state index < -0.39 is 0 Å². The van der Waals surface area contributed by atoms with E-state index in [0.29, 0.717) is 11.3 Å². The summed E-state index contributed by atoms with van der Waals surface area (Å²) in [6.45, 7) is 0. The van der Waals surface area contributed by atoms with Crippen molar-refractivity contribution in [2.75, 3.05) is 5.75 Å². The monoisotopic (exact) mass is 299 g/mol. The van der Waals surface area contributed by atoms with Crippen LogP contribution in [0.3, 0.4) is 0 Å². The van der Waals surface area contributed by atoms with Gasteiger partial charge in [0.2, 0.25) is 0 Å². The molecule has 1 aromatic heterocycles. The fourth-order valence-corrected chi connectivity index (χ4v) is 3.00. The van der Waals surface area contributed by atoms with Gasteiger partial charge in [-0.25, -0.2) is 4.39 Å². The highest BCUT2D eigenvalue weighted by molar-refractivity contribution is 7.99. The quantitative estimate of drug-likeness (QED) is 0.716. The molecule has 106 valence electrons. The normalized spacial score (nSPS) is 10.9. The summed E-state index contributed by atoms with van der Waals surface area (Å²) in [5.74, 6) is 0.0338. The zero-order valence-electron chi connectivity index (χ0n) is 11.3. The molecule has 0 bridgehead atoms. The van der Waals surface area contributed by atoms with Crippen molar-refractivity contribution in [3.05, 3.63) is 66.0 Å². The highest BCUT2D eigenvalue weighted by Gasteiger charge is 2.09. The predicted octanol–water partition coefficient (Wildman–Crippen LogP) is 4.21. The lowest BCUT2D eigenvalue weighted by molar-refractivity contribution is -0.116. The third-order valence-electron chi connectivity index (χ3n) is 3.24. The van der Waals surface area contributed by atoms with Gasteiger partial charge in [0.25, 0.3) is 0 Å². The number of para-hydroxylation sites is 1. The number of hydrogen-bond acceptors (Lipinski definition) is 2. The minimum atomic E-state index is -0.318. The first-order valence-electron chi connectivity index (χ1n) is 6.68. The minimum absolute atomic E-state index is 0.0174. The number of halogens is 1. The number of nitrogens with one attached hydrogen (secondary N) is 1. The molecule has 3 aromatic rings. The summed E-state index contributed by atoms with van der Waals surface area (Å²) in [5.41, 5.74) is 1.52. The van der Waals surface area contributed by atoms with E-state index in [0.717, 1.165) is 15.9 Å². The third kappa shape index (κ3) is 3.34. The Kier molecular flexibility index (Phi) is 4.06. The Hall–Kier alpha value is -2.07. The lowest BCUT2D eigenvalue weighted by Gasteiger charge is -2.02. The number of H-pyrrole nitrogens is 1. The minimum Gasteiger partial charge on any atom is -0.350 e. The molecule has 0 aliphatic rings. The van der Waals surface area contributed by atoms with Crippen LogP contribution in [0.4, 0.5) is 4.39 Å². The van der Waals surface area contributed by atoms with Crippen LogP contribution in [0.15, 0.2) is 59.6 Å². The van der Waals surface area contributed by atoms with Crippen molar-refractivity contribution in [1.82, 2.24) is 4.98 Å². The van der Waals surface area contributed by atoms with E-state index in [1.807, 2.05) is 30.3 Å². The van der Waals surface area contributed by atoms with E-state index in [2.05, 4.69) is 4.98 Å². The van der Waals surface area contributed by atoms with Crippen LogP contribution in [0, 0.1) is 5.82 Å². The fourth-order valence-electron chi connectivity index (χ4n) is 2.19. The van der Waals surface area contributed by atoms with Gasteiger partial charge in [-0.15, -0.1) is 11.8 Å². The highest BCUT2D eigenvalue weighted by atomic mass is 32.2. The van der Waals surface area contributed by atoms with Crippen LogP contribution in [0.5, 0.6) is 0 Å². The number of aromatic nitrogens is 1. The largest absolute Gasteiger partial charge is 0.350 e. The molecule has 0 atom stereocenters. The van der Waals surface area contributed by atoms with Gasteiger partial charge in [0.15, 0.2) is 0 Å². The summed E-state index contributed by atoms with van der Waals surface area (Å²) in [6, 6.07) is 16.4. The van der Waals surface area contributed by atoms with Crippen LogP contribution in [0.25, 0.3) is 10.9 Å². The van der Waals surface area contributed by atoms with Gasteiger partial charge >= 0.3 is 0 Å². The molecule has 1 N–H and O–H groups in total. The molecule has 2 aromatic carbocycles. The molecule has 21 heavy (non-hydrogen) atoms. The second-order valence-corrected chi connectivity index (χ2v) is 5.83. The Morgan fingerprint density at radius 1 is 1.10 bits per heavy atom. The smallest absolute Gasteiger partial charge is 0.147 e. The van der Waals surface area contributed by atoms with Crippen molar-refractivity contribution < 1.29 is 9.18 Å².